The highest BCUT2D eigenvalue weighted by Crippen LogP contribution is 2.01. The minimum absolute atomic E-state index is 0.579. The third kappa shape index (κ3) is 7.98. The topological polar surface area (TPSA) is 21.6 Å². The first-order chi connectivity index (χ1) is 8.58. The number of rotatable bonds is 7. The van der Waals surface area contributed by atoms with Crippen molar-refractivity contribution in [2.24, 2.45) is 4.99 Å². The van der Waals surface area contributed by atoms with Crippen LogP contribution in [-0.4, -0.2) is 27.4 Å². The maximum atomic E-state index is 5.50. The van der Waals surface area contributed by atoms with Gasteiger partial charge in [-0.25, -0.2) is 0 Å². The van der Waals surface area contributed by atoms with Crippen LogP contribution in [0.1, 0.15) is 5.56 Å². The molecule has 0 amide bonds. The summed E-state index contributed by atoms with van der Waals surface area (Å²) < 4.78 is 5.50. The van der Waals surface area contributed by atoms with Crippen LogP contribution in [0.5, 0.6) is 0 Å². The highest BCUT2D eigenvalue weighted by molar-refractivity contribution is 6.80. The summed E-state index contributed by atoms with van der Waals surface area (Å²) in [6.45, 7) is 8.94. The molecule has 0 aliphatic carbocycles. The van der Waals surface area contributed by atoms with E-state index in [1.165, 1.54) is 5.56 Å². The van der Waals surface area contributed by atoms with Gasteiger partial charge in [0.1, 0.15) is 0 Å². The number of hydrogen-bond acceptors (Lipinski definition) is 2. The Morgan fingerprint density at radius 3 is 2.56 bits per heavy atom. The highest BCUT2D eigenvalue weighted by Gasteiger charge is 2.05. The van der Waals surface area contributed by atoms with Crippen molar-refractivity contribution in [3.05, 3.63) is 47.7 Å². The van der Waals surface area contributed by atoms with Gasteiger partial charge in [-0.1, -0.05) is 61.7 Å². The first-order valence-corrected chi connectivity index (χ1v) is 9.93. The SMILES string of the molecule is C[Si](C)(C)/C=C/CN=CCOCc1ccccc1. The summed E-state index contributed by atoms with van der Waals surface area (Å²) >= 11 is 0. The number of benzene rings is 1. The van der Waals surface area contributed by atoms with Crippen LogP contribution in [-0.2, 0) is 11.3 Å². The quantitative estimate of drug-likeness (QED) is 0.416. The molecule has 3 heteroatoms. The maximum Gasteiger partial charge on any atom is 0.0819 e. The highest BCUT2D eigenvalue weighted by atomic mass is 28.3. The first-order valence-electron chi connectivity index (χ1n) is 6.35. The zero-order chi connectivity index (χ0) is 13.3. The van der Waals surface area contributed by atoms with Gasteiger partial charge in [0.25, 0.3) is 0 Å². The Morgan fingerprint density at radius 1 is 1.17 bits per heavy atom. The van der Waals surface area contributed by atoms with E-state index in [1.54, 1.807) is 0 Å². The lowest BCUT2D eigenvalue weighted by molar-refractivity contribution is 0.160. The molecule has 0 N–H and O–H groups in total. The molecule has 0 aliphatic rings. The zero-order valence-electron chi connectivity index (χ0n) is 11.6. The standard InChI is InChI=1S/C15H23NOSi/c1-18(2,3)13-7-10-16-11-12-17-14-15-8-5-4-6-9-15/h4-9,11,13H,10,12,14H2,1-3H3/b13-7+,16-11?. The van der Waals surface area contributed by atoms with Crippen molar-refractivity contribution in [1.82, 2.24) is 0 Å². The van der Waals surface area contributed by atoms with E-state index in [4.69, 9.17) is 4.74 Å². The summed E-state index contributed by atoms with van der Waals surface area (Å²) in [6, 6.07) is 10.2. The van der Waals surface area contributed by atoms with E-state index in [0.29, 0.717) is 13.2 Å². The largest absolute Gasteiger partial charge is 0.371 e. The predicted molar refractivity (Wildman–Crippen MR) is 81.9 cm³/mol. The molecule has 0 heterocycles. The molecule has 1 aromatic rings. The Morgan fingerprint density at radius 2 is 1.89 bits per heavy atom. The molecular formula is C15H23NOSi. The monoisotopic (exact) mass is 261 g/mol. The molecular weight excluding hydrogens is 238 g/mol. The molecule has 0 spiro atoms. The summed E-state index contributed by atoms with van der Waals surface area (Å²) in [5.41, 5.74) is 3.51. The van der Waals surface area contributed by atoms with Gasteiger partial charge in [-0.05, 0) is 5.56 Å². The lowest BCUT2D eigenvalue weighted by atomic mass is 10.2. The Kier molecular flexibility index (Phi) is 6.61. The fourth-order valence-electron chi connectivity index (χ4n) is 1.40. The van der Waals surface area contributed by atoms with E-state index in [2.05, 4.69) is 48.5 Å². The molecule has 2 nitrogen and oxygen atoms in total. The van der Waals surface area contributed by atoms with Gasteiger partial charge in [-0.15, -0.1) is 0 Å². The minimum Gasteiger partial charge on any atom is -0.371 e. The second-order valence-electron chi connectivity index (χ2n) is 5.32. The van der Waals surface area contributed by atoms with Gasteiger partial charge >= 0.3 is 0 Å². The van der Waals surface area contributed by atoms with Gasteiger partial charge in [-0.2, -0.15) is 0 Å². The Bertz CT molecular complexity index is 379. The van der Waals surface area contributed by atoms with E-state index in [9.17, 15) is 0 Å². The van der Waals surface area contributed by atoms with E-state index in [-0.39, 0.29) is 0 Å². The third-order valence-corrected chi connectivity index (χ3v) is 3.50. The molecule has 0 saturated heterocycles. The fourth-order valence-corrected chi connectivity index (χ4v) is 2.21. The second kappa shape index (κ2) is 8.00. The third-order valence-electron chi connectivity index (χ3n) is 2.26. The minimum atomic E-state index is -1.06. The maximum absolute atomic E-state index is 5.50. The summed E-state index contributed by atoms with van der Waals surface area (Å²) in [6.07, 6.45) is 4.00. The fraction of sp³-hybridized carbons (Fsp3) is 0.400. The van der Waals surface area contributed by atoms with Crippen LogP contribution in [0.2, 0.25) is 19.6 Å². The predicted octanol–water partition coefficient (Wildman–Crippen LogP) is 3.71. The normalized spacial score (nSPS) is 12.6. The molecule has 0 bridgehead atoms. The average Bonchev–Trinajstić information content (AvgIpc) is 2.32. The van der Waals surface area contributed by atoms with Crippen molar-refractivity contribution < 1.29 is 4.74 Å². The molecule has 0 unspecified atom stereocenters. The molecule has 1 rings (SSSR count). The zero-order valence-corrected chi connectivity index (χ0v) is 12.6. The number of ether oxygens (including phenoxy) is 1. The van der Waals surface area contributed by atoms with Crippen molar-refractivity contribution in [3.63, 3.8) is 0 Å². The number of hydrogen-bond donors (Lipinski definition) is 0. The molecule has 0 atom stereocenters. The lowest BCUT2D eigenvalue weighted by Gasteiger charge is -2.06. The van der Waals surface area contributed by atoms with Crippen molar-refractivity contribution in [2.45, 2.75) is 26.2 Å². The van der Waals surface area contributed by atoms with Crippen LogP contribution >= 0.6 is 0 Å². The summed E-state index contributed by atoms with van der Waals surface area (Å²) in [4.78, 5) is 4.29. The first kappa shape index (κ1) is 14.9. The van der Waals surface area contributed by atoms with E-state index < -0.39 is 8.07 Å². The molecule has 18 heavy (non-hydrogen) atoms. The van der Waals surface area contributed by atoms with Gasteiger partial charge in [-0.3, -0.25) is 4.99 Å². The Balaban J connectivity index is 2.10. The van der Waals surface area contributed by atoms with Gasteiger partial charge in [0, 0.05) is 6.21 Å². The van der Waals surface area contributed by atoms with Crippen LogP contribution in [0, 0.1) is 0 Å². The Hall–Kier alpha value is -1.19. The Labute approximate surface area is 111 Å². The van der Waals surface area contributed by atoms with Crippen LogP contribution in [0.3, 0.4) is 0 Å². The van der Waals surface area contributed by atoms with Crippen LogP contribution < -0.4 is 0 Å². The van der Waals surface area contributed by atoms with Crippen molar-refractivity contribution in [1.29, 1.82) is 0 Å². The summed E-state index contributed by atoms with van der Waals surface area (Å²) in [5, 5.41) is 0. The summed E-state index contributed by atoms with van der Waals surface area (Å²) in [5.74, 6) is 0. The van der Waals surface area contributed by atoms with Crippen molar-refractivity contribution in [2.75, 3.05) is 13.2 Å². The molecule has 0 aliphatic heterocycles. The van der Waals surface area contributed by atoms with Crippen LogP contribution in [0.4, 0.5) is 0 Å². The van der Waals surface area contributed by atoms with E-state index >= 15 is 0 Å². The lowest BCUT2D eigenvalue weighted by Crippen LogP contribution is -2.15. The van der Waals surface area contributed by atoms with E-state index in [0.717, 1.165) is 6.54 Å². The molecule has 1 aromatic carbocycles. The van der Waals surface area contributed by atoms with Crippen LogP contribution in [0.25, 0.3) is 0 Å². The van der Waals surface area contributed by atoms with Gasteiger partial charge < -0.3 is 4.74 Å². The summed E-state index contributed by atoms with van der Waals surface area (Å²) in [7, 11) is -1.06. The van der Waals surface area contributed by atoms with Gasteiger partial charge in [0.15, 0.2) is 0 Å². The average molecular weight is 261 g/mol. The smallest absolute Gasteiger partial charge is 0.0819 e. The molecule has 98 valence electrons. The van der Waals surface area contributed by atoms with Crippen molar-refractivity contribution in [3.8, 4) is 0 Å². The number of nitrogens with zero attached hydrogens (tertiary/aromatic N) is 1. The van der Waals surface area contributed by atoms with E-state index in [1.807, 2.05) is 24.4 Å². The van der Waals surface area contributed by atoms with Gasteiger partial charge in [0.05, 0.1) is 27.8 Å². The second-order valence-corrected chi connectivity index (χ2v) is 10.4. The van der Waals surface area contributed by atoms with Crippen LogP contribution in [0.15, 0.2) is 47.1 Å². The molecule has 0 aromatic heterocycles. The molecule has 0 fully saturated rings. The van der Waals surface area contributed by atoms with Crippen molar-refractivity contribution >= 4 is 14.3 Å². The van der Waals surface area contributed by atoms with Gasteiger partial charge in [0.2, 0.25) is 0 Å². The number of aliphatic imine (C=N–C) groups is 1. The molecule has 0 radical (unpaired) electrons. The molecule has 0 saturated carbocycles.